The zero-order valence-electron chi connectivity index (χ0n) is 10.7. The Morgan fingerprint density at radius 3 is 2.89 bits per heavy atom. The first-order valence-corrected chi connectivity index (χ1v) is 5.66. The summed E-state index contributed by atoms with van der Waals surface area (Å²) >= 11 is 0. The predicted octanol–water partition coefficient (Wildman–Crippen LogP) is 1.13. The Bertz CT molecular complexity index is 537. The molecule has 2 aromatic rings. The van der Waals surface area contributed by atoms with Crippen molar-refractivity contribution >= 4 is 17.0 Å². The molecule has 0 spiro atoms. The van der Waals surface area contributed by atoms with Crippen LogP contribution in [0.25, 0.3) is 11.0 Å². The lowest BCUT2D eigenvalue weighted by molar-refractivity contribution is 0.00523. The molecule has 7 nitrogen and oxygen atoms in total. The number of nitrogens with zero attached hydrogens (tertiary/aromatic N) is 3. The van der Waals surface area contributed by atoms with Crippen molar-refractivity contribution in [2.45, 2.75) is 25.9 Å². The first-order chi connectivity index (χ1) is 8.52. The number of rotatable bonds is 5. The molecular formula is C11H17N5O2. The summed E-state index contributed by atoms with van der Waals surface area (Å²) in [4.78, 5) is 8.08. The average molecular weight is 251 g/mol. The second-order valence-electron chi connectivity index (χ2n) is 4.58. The number of ether oxygens (including phenoxy) is 2. The van der Waals surface area contributed by atoms with Crippen LogP contribution < -0.4 is 10.5 Å². The Balaban J connectivity index is 2.10. The van der Waals surface area contributed by atoms with E-state index in [0.717, 1.165) is 11.8 Å². The van der Waals surface area contributed by atoms with Gasteiger partial charge in [0.05, 0.1) is 18.4 Å². The fourth-order valence-electron chi connectivity index (χ4n) is 1.43. The van der Waals surface area contributed by atoms with Crippen LogP contribution >= 0.6 is 0 Å². The minimum absolute atomic E-state index is 0.160. The van der Waals surface area contributed by atoms with Gasteiger partial charge in [-0.05, 0) is 13.8 Å². The number of H-pyrrole nitrogens is 1. The van der Waals surface area contributed by atoms with Gasteiger partial charge >= 0.3 is 0 Å². The monoisotopic (exact) mass is 251 g/mol. The number of nitrogens with one attached hydrogen (secondary N) is 1. The summed E-state index contributed by atoms with van der Waals surface area (Å²) in [7, 11) is 1.68. The molecule has 0 radical (unpaired) electrons. The number of nitrogen functional groups attached to an aromatic ring is 1. The molecular weight excluding hydrogens is 234 g/mol. The molecule has 98 valence electrons. The van der Waals surface area contributed by atoms with Crippen molar-refractivity contribution in [2.24, 2.45) is 0 Å². The summed E-state index contributed by atoms with van der Waals surface area (Å²) in [5, 5.41) is 7.34. The van der Waals surface area contributed by atoms with E-state index in [1.165, 1.54) is 0 Å². The predicted molar refractivity (Wildman–Crippen MR) is 67.3 cm³/mol. The molecule has 0 fully saturated rings. The molecule has 0 bridgehead atoms. The summed E-state index contributed by atoms with van der Waals surface area (Å²) in [5.41, 5.74) is 5.94. The lowest BCUT2D eigenvalue weighted by Gasteiger charge is -2.22. The topological polar surface area (TPSA) is 98.9 Å². The van der Waals surface area contributed by atoms with Crippen LogP contribution in [0.2, 0.25) is 0 Å². The van der Waals surface area contributed by atoms with Crippen LogP contribution in [0.4, 0.5) is 5.95 Å². The fraction of sp³-hybridized carbons (Fsp3) is 0.545. The first-order valence-electron chi connectivity index (χ1n) is 5.66. The minimum atomic E-state index is -0.228. The smallest absolute Gasteiger partial charge is 0.229 e. The van der Waals surface area contributed by atoms with Gasteiger partial charge in [-0.2, -0.15) is 15.1 Å². The number of aromatic amines is 1. The van der Waals surface area contributed by atoms with Crippen LogP contribution in [-0.4, -0.2) is 39.5 Å². The van der Waals surface area contributed by atoms with Gasteiger partial charge < -0.3 is 15.2 Å². The average Bonchev–Trinajstić information content (AvgIpc) is 2.76. The second kappa shape index (κ2) is 4.77. The van der Waals surface area contributed by atoms with Crippen LogP contribution in [0, 0.1) is 0 Å². The van der Waals surface area contributed by atoms with Crippen molar-refractivity contribution in [2.75, 3.05) is 19.5 Å². The van der Waals surface area contributed by atoms with E-state index >= 15 is 0 Å². The number of hydrogen-bond donors (Lipinski definition) is 2. The quantitative estimate of drug-likeness (QED) is 0.826. The highest BCUT2D eigenvalue weighted by Gasteiger charge is 2.17. The number of anilines is 1. The van der Waals surface area contributed by atoms with E-state index in [1.54, 1.807) is 13.3 Å². The Kier molecular flexibility index (Phi) is 3.33. The van der Waals surface area contributed by atoms with Crippen LogP contribution in [0.3, 0.4) is 0 Å². The van der Waals surface area contributed by atoms with Crippen molar-refractivity contribution in [3.8, 4) is 5.88 Å². The third-order valence-electron chi connectivity index (χ3n) is 2.79. The molecule has 0 amide bonds. The maximum Gasteiger partial charge on any atom is 0.229 e. The molecule has 0 atom stereocenters. The summed E-state index contributed by atoms with van der Waals surface area (Å²) < 4.78 is 10.9. The van der Waals surface area contributed by atoms with Gasteiger partial charge in [-0.15, -0.1) is 0 Å². The van der Waals surface area contributed by atoms with Crippen LogP contribution in [0.1, 0.15) is 20.3 Å². The number of fused-ring (bicyclic) bond motifs is 1. The van der Waals surface area contributed by atoms with Crippen molar-refractivity contribution in [3.05, 3.63) is 6.20 Å². The molecule has 0 unspecified atom stereocenters. The van der Waals surface area contributed by atoms with E-state index < -0.39 is 0 Å². The van der Waals surface area contributed by atoms with E-state index in [9.17, 15) is 0 Å². The lowest BCUT2D eigenvalue weighted by atomic mass is 10.1. The van der Waals surface area contributed by atoms with Gasteiger partial charge in [0.15, 0.2) is 5.65 Å². The number of nitrogens with two attached hydrogens (primary N) is 1. The van der Waals surface area contributed by atoms with Crippen molar-refractivity contribution in [1.82, 2.24) is 20.2 Å². The highest BCUT2D eigenvalue weighted by molar-refractivity contribution is 5.80. The number of methoxy groups -OCH3 is 1. The summed E-state index contributed by atoms with van der Waals surface area (Å²) in [6, 6.07) is 0. The molecule has 0 aromatic carbocycles. The van der Waals surface area contributed by atoms with Crippen molar-refractivity contribution < 1.29 is 9.47 Å². The molecule has 0 aliphatic carbocycles. The largest absolute Gasteiger partial charge is 0.477 e. The molecule has 0 aliphatic heterocycles. The summed E-state index contributed by atoms with van der Waals surface area (Å²) in [6.07, 6.45) is 2.36. The molecule has 0 aliphatic rings. The third kappa shape index (κ3) is 2.67. The number of hydrogen-bond acceptors (Lipinski definition) is 6. The highest BCUT2D eigenvalue weighted by Crippen LogP contribution is 2.22. The Morgan fingerprint density at radius 2 is 2.17 bits per heavy atom. The van der Waals surface area contributed by atoms with E-state index in [0.29, 0.717) is 18.1 Å². The van der Waals surface area contributed by atoms with Gasteiger partial charge in [0, 0.05) is 13.5 Å². The van der Waals surface area contributed by atoms with Crippen LogP contribution in [0.15, 0.2) is 6.20 Å². The molecule has 0 saturated carbocycles. The third-order valence-corrected chi connectivity index (χ3v) is 2.79. The normalized spacial score (nSPS) is 11.9. The molecule has 2 rings (SSSR count). The van der Waals surface area contributed by atoms with Gasteiger partial charge in [0.2, 0.25) is 11.8 Å². The molecule has 2 heterocycles. The standard InChI is InChI=1S/C11H17N5O2/c1-11(2,17-3)4-5-18-9-7-6-13-16-8(7)14-10(12)15-9/h6H,4-5H2,1-3H3,(H3,12,13,14,15,16). The van der Waals surface area contributed by atoms with E-state index in [1.807, 2.05) is 13.8 Å². The zero-order valence-corrected chi connectivity index (χ0v) is 10.7. The molecule has 2 aromatic heterocycles. The lowest BCUT2D eigenvalue weighted by Crippen LogP contribution is -2.25. The Hall–Kier alpha value is -1.89. The summed E-state index contributed by atoms with van der Waals surface area (Å²) in [6.45, 7) is 4.48. The van der Waals surface area contributed by atoms with Gasteiger partial charge in [-0.1, -0.05) is 0 Å². The second-order valence-corrected chi connectivity index (χ2v) is 4.58. The molecule has 3 N–H and O–H groups in total. The molecule has 18 heavy (non-hydrogen) atoms. The highest BCUT2D eigenvalue weighted by atomic mass is 16.5. The van der Waals surface area contributed by atoms with Crippen molar-refractivity contribution in [3.63, 3.8) is 0 Å². The Morgan fingerprint density at radius 1 is 1.39 bits per heavy atom. The van der Waals surface area contributed by atoms with Crippen molar-refractivity contribution in [1.29, 1.82) is 0 Å². The van der Waals surface area contributed by atoms with Gasteiger partial charge in [-0.3, -0.25) is 5.10 Å². The fourth-order valence-corrected chi connectivity index (χ4v) is 1.43. The first kappa shape index (κ1) is 12.6. The van der Waals surface area contributed by atoms with Gasteiger partial charge in [0.25, 0.3) is 0 Å². The zero-order chi connectivity index (χ0) is 13.2. The van der Waals surface area contributed by atoms with E-state index in [2.05, 4.69) is 20.2 Å². The maximum absolute atomic E-state index is 5.63. The number of aromatic nitrogens is 4. The minimum Gasteiger partial charge on any atom is -0.477 e. The van der Waals surface area contributed by atoms with E-state index in [4.69, 9.17) is 15.2 Å². The van der Waals surface area contributed by atoms with Gasteiger partial charge in [0.1, 0.15) is 5.39 Å². The molecule has 7 heteroatoms. The van der Waals surface area contributed by atoms with Crippen LogP contribution in [-0.2, 0) is 4.74 Å². The van der Waals surface area contributed by atoms with Gasteiger partial charge in [-0.25, -0.2) is 0 Å². The van der Waals surface area contributed by atoms with Crippen LogP contribution in [0.5, 0.6) is 5.88 Å². The molecule has 0 saturated heterocycles. The SMILES string of the molecule is COC(C)(C)CCOc1nc(N)nc2[nH]ncc12. The maximum atomic E-state index is 5.63. The Labute approximate surface area is 105 Å². The summed E-state index contributed by atoms with van der Waals surface area (Å²) in [5.74, 6) is 0.603. The van der Waals surface area contributed by atoms with E-state index in [-0.39, 0.29) is 11.5 Å².